The van der Waals surface area contributed by atoms with Crippen LogP contribution in [-0.2, 0) is 9.53 Å². The molecule has 2 rings (SSSR count). The molecule has 0 aromatic heterocycles. The fourth-order valence-electron chi connectivity index (χ4n) is 2.79. The van der Waals surface area contributed by atoms with Crippen molar-refractivity contribution < 1.29 is 23.4 Å². The largest absolute Gasteiger partial charge is 0.466 e. The Morgan fingerprint density at radius 3 is 2.95 bits per heavy atom. The monoisotopic (exact) mass is 313 g/mol. The Kier molecular flexibility index (Phi) is 5.85. The molecule has 2 atom stereocenters. The molecule has 0 saturated carbocycles. The van der Waals surface area contributed by atoms with Gasteiger partial charge in [-0.2, -0.15) is 0 Å². The van der Waals surface area contributed by atoms with Crippen LogP contribution >= 0.6 is 0 Å². The van der Waals surface area contributed by atoms with E-state index in [1.165, 1.54) is 6.07 Å². The van der Waals surface area contributed by atoms with Crippen molar-refractivity contribution in [3.63, 3.8) is 0 Å². The number of carbonyl (C=O) groups is 1. The summed E-state index contributed by atoms with van der Waals surface area (Å²) in [6.07, 6.45) is 0.528. The number of rotatable bonds is 5. The van der Waals surface area contributed by atoms with Gasteiger partial charge in [0.2, 0.25) is 0 Å². The SMILES string of the molecule is CCOC(=O)C1CCCN(CC(O)c2ccc(F)cc2F)C1. The molecule has 2 unspecified atom stereocenters. The predicted molar refractivity (Wildman–Crippen MR) is 77.1 cm³/mol. The third-order valence-electron chi connectivity index (χ3n) is 3.88. The van der Waals surface area contributed by atoms with Crippen molar-refractivity contribution in [3.05, 3.63) is 35.4 Å². The summed E-state index contributed by atoms with van der Waals surface area (Å²) in [5.74, 6) is -1.87. The molecule has 1 aliphatic heterocycles. The van der Waals surface area contributed by atoms with Gasteiger partial charge in [-0.15, -0.1) is 0 Å². The second-order valence-corrected chi connectivity index (χ2v) is 5.53. The molecular weight excluding hydrogens is 292 g/mol. The first kappa shape index (κ1) is 16.8. The molecule has 0 amide bonds. The minimum Gasteiger partial charge on any atom is -0.466 e. The van der Waals surface area contributed by atoms with Crippen LogP contribution in [0, 0.1) is 17.6 Å². The minimum absolute atomic E-state index is 0.0691. The van der Waals surface area contributed by atoms with E-state index in [0.29, 0.717) is 13.2 Å². The Balaban J connectivity index is 1.96. The predicted octanol–water partition coefficient (Wildman–Crippen LogP) is 2.27. The van der Waals surface area contributed by atoms with Crippen LogP contribution in [0.5, 0.6) is 0 Å². The van der Waals surface area contributed by atoms with Gasteiger partial charge >= 0.3 is 5.97 Å². The normalized spacial score (nSPS) is 20.6. The molecule has 1 heterocycles. The van der Waals surface area contributed by atoms with Crippen LogP contribution in [0.15, 0.2) is 18.2 Å². The summed E-state index contributed by atoms with van der Waals surface area (Å²) in [6, 6.07) is 3.14. The summed E-state index contributed by atoms with van der Waals surface area (Å²) in [5.41, 5.74) is 0.0691. The van der Waals surface area contributed by atoms with Gasteiger partial charge in [-0.3, -0.25) is 9.69 Å². The standard InChI is InChI=1S/C16H21F2NO3/c1-2-22-16(21)11-4-3-7-19(9-11)10-15(20)13-6-5-12(17)8-14(13)18/h5-6,8,11,15,20H,2-4,7,9-10H2,1H3. The second-order valence-electron chi connectivity index (χ2n) is 5.53. The number of carbonyl (C=O) groups excluding carboxylic acids is 1. The van der Waals surface area contributed by atoms with Crippen LogP contribution in [0.3, 0.4) is 0 Å². The topological polar surface area (TPSA) is 49.8 Å². The highest BCUT2D eigenvalue weighted by Gasteiger charge is 2.28. The van der Waals surface area contributed by atoms with Gasteiger partial charge in [0.1, 0.15) is 11.6 Å². The van der Waals surface area contributed by atoms with Crippen molar-refractivity contribution in [3.8, 4) is 0 Å². The molecule has 122 valence electrons. The Morgan fingerprint density at radius 2 is 2.27 bits per heavy atom. The fraction of sp³-hybridized carbons (Fsp3) is 0.562. The third kappa shape index (κ3) is 4.24. The van der Waals surface area contributed by atoms with Crippen molar-refractivity contribution in [1.29, 1.82) is 0 Å². The van der Waals surface area contributed by atoms with Crippen molar-refractivity contribution in [2.24, 2.45) is 5.92 Å². The van der Waals surface area contributed by atoms with Crippen LogP contribution in [0.25, 0.3) is 0 Å². The zero-order valence-corrected chi connectivity index (χ0v) is 12.6. The number of β-amino-alcohol motifs (C(OH)–C–C–N with tert-alkyl or cyclic N) is 1. The van der Waals surface area contributed by atoms with Crippen LogP contribution in [-0.4, -0.2) is 42.2 Å². The summed E-state index contributed by atoms with van der Waals surface area (Å²) in [4.78, 5) is 13.7. The maximum Gasteiger partial charge on any atom is 0.310 e. The fourth-order valence-corrected chi connectivity index (χ4v) is 2.79. The van der Waals surface area contributed by atoms with Gasteiger partial charge in [-0.1, -0.05) is 6.07 Å². The van der Waals surface area contributed by atoms with E-state index in [0.717, 1.165) is 31.5 Å². The molecule has 6 heteroatoms. The number of hydrogen-bond donors (Lipinski definition) is 1. The van der Waals surface area contributed by atoms with E-state index >= 15 is 0 Å². The summed E-state index contributed by atoms with van der Waals surface area (Å²) in [5, 5.41) is 10.2. The Labute approximate surface area is 128 Å². The van der Waals surface area contributed by atoms with Crippen LogP contribution in [0.1, 0.15) is 31.4 Å². The first-order valence-corrected chi connectivity index (χ1v) is 7.53. The van der Waals surface area contributed by atoms with Crippen LogP contribution in [0.2, 0.25) is 0 Å². The molecule has 1 aliphatic rings. The van der Waals surface area contributed by atoms with Crippen molar-refractivity contribution in [2.45, 2.75) is 25.9 Å². The lowest BCUT2D eigenvalue weighted by Crippen LogP contribution is -2.41. The van der Waals surface area contributed by atoms with Crippen molar-refractivity contribution in [2.75, 3.05) is 26.2 Å². The molecule has 1 aromatic carbocycles. The number of halogens is 2. The quantitative estimate of drug-likeness (QED) is 0.847. The summed E-state index contributed by atoms with van der Waals surface area (Å²) >= 11 is 0. The van der Waals surface area contributed by atoms with Crippen molar-refractivity contribution >= 4 is 5.97 Å². The third-order valence-corrected chi connectivity index (χ3v) is 3.88. The first-order chi connectivity index (χ1) is 10.5. The van der Waals surface area contributed by atoms with Crippen LogP contribution in [0.4, 0.5) is 8.78 Å². The maximum absolute atomic E-state index is 13.7. The molecule has 0 spiro atoms. The molecule has 0 bridgehead atoms. The summed E-state index contributed by atoms with van der Waals surface area (Å²) in [6.45, 7) is 3.53. The minimum atomic E-state index is -1.05. The van der Waals surface area contributed by atoms with E-state index in [2.05, 4.69) is 0 Å². The Hall–Kier alpha value is -1.53. The highest BCUT2D eigenvalue weighted by molar-refractivity contribution is 5.72. The number of likely N-dealkylation sites (tertiary alicyclic amines) is 1. The zero-order valence-electron chi connectivity index (χ0n) is 12.6. The van der Waals surface area contributed by atoms with Crippen LogP contribution < -0.4 is 0 Å². The zero-order chi connectivity index (χ0) is 16.1. The van der Waals surface area contributed by atoms with Gasteiger partial charge in [0.25, 0.3) is 0 Å². The highest BCUT2D eigenvalue weighted by Crippen LogP contribution is 2.23. The molecular formula is C16H21F2NO3. The molecule has 1 fully saturated rings. The number of hydrogen-bond acceptors (Lipinski definition) is 4. The average Bonchev–Trinajstić information content (AvgIpc) is 2.47. The van der Waals surface area contributed by atoms with E-state index in [-0.39, 0.29) is 24.0 Å². The molecule has 4 nitrogen and oxygen atoms in total. The van der Waals surface area contributed by atoms with Gasteiger partial charge in [-0.25, -0.2) is 8.78 Å². The Morgan fingerprint density at radius 1 is 1.50 bits per heavy atom. The lowest BCUT2D eigenvalue weighted by atomic mass is 9.97. The van der Waals surface area contributed by atoms with E-state index in [9.17, 15) is 18.7 Å². The van der Waals surface area contributed by atoms with Gasteiger partial charge in [0.15, 0.2) is 0 Å². The second kappa shape index (κ2) is 7.65. The first-order valence-electron chi connectivity index (χ1n) is 7.53. The summed E-state index contributed by atoms with van der Waals surface area (Å²) in [7, 11) is 0. The number of esters is 1. The van der Waals surface area contributed by atoms with E-state index in [1.807, 2.05) is 4.90 Å². The van der Waals surface area contributed by atoms with E-state index in [4.69, 9.17) is 4.74 Å². The van der Waals surface area contributed by atoms with Crippen molar-refractivity contribution in [1.82, 2.24) is 4.90 Å². The van der Waals surface area contributed by atoms with E-state index in [1.54, 1.807) is 6.92 Å². The lowest BCUT2D eigenvalue weighted by Gasteiger charge is -2.32. The number of benzene rings is 1. The van der Waals surface area contributed by atoms with Gasteiger partial charge in [0, 0.05) is 24.7 Å². The molecule has 1 saturated heterocycles. The number of piperidine rings is 1. The lowest BCUT2D eigenvalue weighted by molar-refractivity contribution is -0.150. The average molecular weight is 313 g/mol. The number of nitrogens with zero attached hydrogens (tertiary/aromatic N) is 1. The van der Waals surface area contributed by atoms with Gasteiger partial charge in [-0.05, 0) is 32.4 Å². The molecule has 0 radical (unpaired) electrons. The van der Waals surface area contributed by atoms with Gasteiger partial charge in [0.05, 0.1) is 18.6 Å². The van der Waals surface area contributed by atoms with Gasteiger partial charge < -0.3 is 9.84 Å². The molecule has 1 aromatic rings. The van der Waals surface area contributed by atoms with E-state index < -0.39 is 17.7 Å². The molecule has 1 N–H and O–H groups in total. The maximum atomic E-state index is 13.7. The summed E-state index contributed by atoms with van der Waals surface area (Å²) < 4.78 is 31.6. The number of aliphatic hydroxyl groups is 1. The molecule has 22 heavy (non-hydrogen) atoms. The number of aliphatic hydroxyl groups excluding tert-OH is 1. The number of ether oxygens (including phenoxy) is 1. The highest BCUT2D eigenvalue weighted by atomic mass is 19.1. The molecule has 0 aliphatic carbocycles. The smallest absolute Gasteiger partial charge is 0.310 e. The Bertz CT molecular complexity index is 524.